The number of carbonyl (C=O) groups is 2. The van der Waals surface area contributed by atoms with Gasteiger partial charge in [-0.05, 0) is 37.1 Å². The summed E-state index contributed by atoms with van der Waals surface area (Å²) in [6.07, 6.45) is 3.29. The first-order valence-corrected chi connectivity index (χ1v) is 8.39. The number of aromatic nitrogens is 1. The third-order valence-electron chi connectivity index (χ3n) is 4.17. The van der Waals surface area contributed by atoms with Crippen molar-refractivity contribution in [3.63, 3.8) is 0 Å². The molecule has 24 heavy (non-hydrogen) atoms. The molecule has 2 heterocycles. The highest BCUT2D eigenvalue weighted by Crippen LogP contribution is 2.20. The molecule has 0 spiro atoms. The van der Waals surface area contributed by atoms with Crippen LogP contribution in [-0.4, -0.2) is 34.8 Å². The number of nitrogens with one attached hydrogen (secondary N) is 2. The van der Waals surface area contributed by atoms with Crippen LogP contribution in [0.15, 0.2) is 48.7 Å². The van der Waals surface area contributed by atoms with Crippen LogP contribution in [0.25, 0.3) is 0 Å². The number of aromatic amines is 1. The number of pyridine rings is 1. The molecular weight excluding hydrogens is 322 g/mol. The van der Waals surface area contributed by atoms with Gasteiger partial charge >= 0.3 is 0 Å². The third kappa shape index (κ3) is 3.71. The van der Waals surface area contributed by atoms with E-state index < -0.39 is 0 Å². The molecule has 3 rings (SSSR count). The largest absolute Gasteiger partial charge is 0.352 e. The van der Waals surface area contributed by atoms with Crippen molar-refractivity contribution in [2.45, 2.75) is 12.8 Å². The summed E-state index contributed by atoms with van der Waals surface area (Å²) in [5, 5.41) is 2.92. The van der Waals surface area contributed by atoms with E-state index in [4.69, 9.17) is 12.2 Å². The maximum Gasteiger partial charge on any atom is 0.256 e. The quantitative estimate of drug-likeness (QED) is 0.843. The monoisotopic (exact) mass is 341 g/mol. The molecule has 1 aliphatic heterocycles. The Balaban J connectivity index is 1.68. The van der Waals surface area contributed by atoms with Crippen molar-refractivity contribution in [2.24, 2.45) is 5.92 Å². The van der Waals surface area contributed by atoms with E-state index in [0.29, 0.717) is 23.3 Å². The van der Waals surface area contributed by atoms with Gasteiger partial charge in [-0.1, -0.05) is 30.4 Å². The molecule has 0 bridgehead atoms. The van der Waals surface area contributed by atoms with Crippen LogP contribution in [0.5, 0.6) is 0 Å². The summed E-state index contributed by atoms with van der Waals surface area (Å²) in [6, 6.07) is 12.8. The highest BCUT2D eigenvalue weighted by molar-refractivity contribution is 7.71. The number of H-pyrrole nitrogens is 1. The minimum atomic E-state index is -0.204. The SMILES string of the molecule is O=C(Nc1ccccc1)C1CCCN(C(=O)c2ccc[nH]c2=S)C1. The number of amides is 2. The molecule has 0 saturated carbocycles. The van der Waals surface area contributed by atoms with E-state index in [1.54, 1.807) is 23.2 Å². The van der Waals surface area contributed by atoms with E-state index >= 15 is 0 Å². The minimum Gasteiger partial charge on any atom is -0.352 e. The molecule has 1 unspecified atom stereocenters. The number of nitrogens with zero attached hydrogens (tertiary/aromatic N) is 1. The van der Waals surface area contributed by atoms with Crippen molar-refractivity contribution in [3.8, 4) is 0 Å². The number of likely N-dealkylation sites (tertiary alicyclic amines) is 1. The average molecular weight is 341 g/mol. The van der Waals surface area contributed by atoms with Crippen LogP contribution >= 0.6 is 12.2 Å². The van der Waals surface area contributed by atoms with Crippen LogP contribution in [0.1, 0.15) is 23.2 Å². The number of para-hydroxylation sites is 1. The number of rotatable bonds is 3. The van der Waals surface area contributed by atoms with E-state index in [9.17, 15) is 9.59 Å². The van der Waals surface area contributed by atoms with Gasteiger partial charge in [-0.3, -0.25) is 9.59 Å². The summed E-state index contributed by atoms with van der Waals surface area (Å²) in [7, 11) is 0. The lowest BCUT2D eigenvalue weighted by atomic mass is 9.96. The molecule has 1 aromatic heterocycles. The van der Waals surface area contributed by atoms with Crippen LogP contribution in [0.3, 0.4) is 0 Å². The molecule has 1 saturated heterocycles. The Morgan fingerprint density at radius 1 is 1.17 bits per heavy atom. The molecule has 2 aromatic rings. The van der Waals surface area contributed by atoms with Crippen LogP contribution in [-0.2, 0) is 4.79 Å². The van der Waals surface area contributed by atoms with E-state index in [1.807, 2.05) is 30.3 Å². The van der Waals surface area contributed by atoms with Gasteiger partial charge in [0.15, 0.2) is 0 Å². The summed E-state index contributed by atoms with van der Waals surface area (Å²) < 4.78 is 0.429. The molecule has 124 valence electrons. The van der Waals surface area contributed by atoms with E-state index in [2.05, 4.69) is 10.3 Å². The Morgan fingerprint density at radius 2 is 1.96 bits per heavy atom. The van der Waals surface area contributed by atoms with Crippen molar-refractivity contribution in [3.05, 3.63) is 58.9 Å². The highest BCUT2D eigenvalue weighted by atomic mass is 32.1. The fourth-order valence-electron chi connectivity index (χ4n) is 2.90. The predicted molar refractivity (Wildman–Crippen MR) is 95.3 cm³/mol. The standard InChI is InChI=1S/C18H19N3O2S/c22-16(20-14-7-2-1-3-8-14)13-6-5-11-21(12-13)18(23)15-9-4-10-19-17(15)24/h1-4,7-10,13H,5-6,11-12H2,(H,19,24)(H,20,22). The molecule has 2 N–H and O–H groups in total. The third-order valence-corrected chi connectivity index (χ3v) is 4.51. The average Bonchev–Trinajstić information content (AvgIpc) is 2.62. The minimum absolute atomic E-state index is 0.0445. The molecule has 2 amide bonds. The number of piperidine rings is 1. The highest BCUT2D eigenvalue weighted by Gasteiger charge is 2.29. The van der Waals surface area contributed by atoms with Gasteiger partial charge in [0.05, 0.1) is 11.5 Å². The molecular formula is C18H19N3O2S. The van der Waals surface area contributed by atoms with Gasteiger partial charge in [-0.25, -0.2) is 0 Å². The van der Waals surface area contributed by atoms with Gasteiger partial charge in [-0.15, -0.1) is 0 Å². The zero-order chi connectivity index (χ0) is 16.9. The molecule has 6 heteroatoms. The lowest BCUT2D eigenvalue weighted by molar-refractivity contribution is -0.121. The fourth-order valence-corrected chi connectivity index (χ4v) is 3.13. The van der Waals surface area contributed by atoms with Gasteiger partial charge in [0, 0.05) is 25.0 Å². The number of carbonyl (C=O) groups excluding carboxylic acids is 2. The first-order chi connectivity index (χ1) is 11.6. The van der Waals surface area contributed by atoms with Crippen LogP contribution in [0.4, 0.5) is 5.69 Å². The summed E-state index contributed by atoms with van der Waals surface area (Å²) in [5.74, 6) is -0.366. The second-order valence-electron chi connectivity index (χ2n) is 5.86. The number of hydrogen-bond donors (Lipinski definition) is 2. The van der Waals surface area contributed by atoms with Crippen molar-refractivity contribution in [1.82, 2.24) is 9.88 Å². The Labute approximate surface area is 145 Å². The zero-order valence-electron chi connectivity index (χ0n) is 13.2. The number of benzene rings is 1. The smallest absolute Gasteiger partial charge is 0.256 e. The van der Waals surface area contributed by atoms with Crippen molar-refractivity contribution in [1.29, 1.82) is 0 Å². The zero-order valence-corrected chi connectivity index (χ0v) is 14.0. The Kier molecular flexibility index (Phi) is 5.05. The van der Waals surface area contributed by atoms with Gasteiger partial charge in [0.1, 0.15) is 4.64 Å². The van der Waals surface area contributed by atoms with E-state index in [1.165, 1.54) is 0 Å². The Hall–Kier alpha value is -2.47. The maximum absolute atomic E-state index is 12.7. The number of hydrogen-bond acceptors (Lipinski definition) is 3. The van der Waals surface area contributed by atoms with Gasteiger partial charge in [-0.2, -0.15) is 0 Å². The second-order valence-corrected chi connectivity index (χ2v) is 6.27. The van der Waals surface area contributed by atoms with Crippen molar-refractivity contribution >= 4 is 29.7 Å². The summed E-state index contributed by atoms with van der Waals surface area (Å²) >= 11 is 5.18. The normalized spacial score (nSPS) is 17.3. The molecule has 5 nitrogen and oxygen atoms in total. The first-order valence-electron chi connectivity index (χ1n) is 7.98. The number of anilines is 1. The predicted octanol–water partition coefficient (Wildman–Crippen LogP) is 3.24. The molecule has 1 atom stereocenters. The van der Waals surface area contributed by atoms with Gasteiger partial charge < -0.3 is 15.2 Å². The molecule has 1 aliphatic rings. The van der Waals surface area contributed by atoms with Gasteiger partial charge in [0.25, 0.3) is 5.91 Å². The van der Waals surface area contributed by atoms with Crippen molar-refractivity contribution < 1.29 is 9.59 Å². The first kappa shape index (κ1) is 16.4. The molecule has 0 radical (unpaired) electrons. The Morgan fingerprint density at radius 3 is 2.71 bits per heavy atom. The summed E-state index contributed by atoms with van der Waals surface area (Å²) in [6.45, 7) is 1.07. The van der Waals surface area contributed by atoms with Crippen molar-refractivity contribution in [2.75, 3.05) is 18.4 Å². The van der Waals surface area contributed by atoms with Crippen LogP contribution in [0.2, 0.25) is 0 Å². The molecule has 0 aliphatic carbocycles. The Bertz CT molecular complexity index is 788. The van der Waals surface area contributed by atoms with Crippen LogP contribution < -0.4 is 5.32 Å². The van der Waals surface area contributed by atoms with E-state index in [-0.39, 0.29) is 17.7 Å². The molecule has 1 aromatic carbocycles. The van der Waals surface area contributed by atoms with E-state index in [0.717, 1.165) is 18.5 Å². The summed E-state index contributed by atoms with van der Waals surface area (Å²) in [4.78, 5) is 29.7. The lowest BCUT2D eigenvalue weighted by Gasteiger charge is -2.32. The van der Waals surface area contributed by atoms with Gasteiger partial charge in [0.2, 0.25) is 5.91 Å². The summed E-state index contributed by atoms with van der Waals surface area (Å²) in [5.41, 5.74) is 1.26. The topological polar surface area (TPSA) is 65.2 Å². The maximum atomic E-state index is 12.7. The lowest BCUT2D eigenvalue weighted by Crippen LogP contribution is -2.43. The fraction of sp³-hybridized carbons (Fsp3) is 0.278. The molecule has 1 fully saturated rings. The second kappa shape index (κ2) is 7.40. The van der Waals surface area contributed by atoms with Crippen LogP contribution in [0, 0.1) is 10.6 Å².